The highest BCUT2D eigenvalue weighted by Gasteiger charge is 2.04. The van der Waals surface area contributed by atoms with Crippen molar-refractivity contribution < 1.29 is 9.47 Å². The van der Waals surface area contributed by atoms with Crippen LogP contribution in [0.25, 0.3) is 11.4 Å². The van der Waals surface area contributed by atoms with Crippen LogP contribution in [0.3, 0.4) is 0 Å². The minimum atomic E-state index is 0.706. The number of nitrogens with zero attached hydrogens (tertiary/aromatic N) is 2. The van der Waals surface area contributed by atoms with Crippen molar-refractivity contribution in [3.63, 3.8) is 0 Å². The van der Waals surface area contributed by atoms with Crippen molar-refractivity contribution in [3.8, 4) is 22.9 Å². The van der Waals surface area contributed by atoms with Crippen LogP contribution in [0.5, 0.6) is 11.5 Å². The first-order chi connectivity index (χ1) is 15.7. The topological polar surface area (TPSA) is 44.2 Å². The van der Waals surface area contributed by atoms with Crippen LogP contribution in [-0.2, 0) is 0 Å². The summed E-state index contributed by atoms with van der Waals surface area (Å²) in [6, 6.07) is 8.01. The van der Waals surface area contributed by atoms with E-state index in [0.29, 0.717) is 5.82 Å². The fraction of sp³-hybridized carbons (Fsp3) is 0.571. The Kier molecular flexibility index (Phi) is 13.2. The molecule has 0 saturated heterocycles. The molecule has 0 bridgehead atoms. The van der Waals surface area contributed by atoms with Crippen molar-refractivity contribution in [1.82, 2.24) is 9.97 Å². The zero-order valence-electron chi connectivity index (χ0n) is 20.2. The molecule has 2 rings (SSSR count). The molecule has 4 nitrogen and oxygen atoms in total. The van der Waals surface area contributed by atoms with Gasteiger partial charge in [-0.1, -0.05) is 64.9 Å². The molecule has 0 aliphatic rings. The summed E-state index contributed by atoms with van der Waals surface area (Å²) in [5, 5.41) is 0. The number of ether oxygens (including phenoxy) is 2. The lowest BCUT2D eigenvalue weighted by Crippen LogP contribution is -2.00. The van der Waals surface area contributed by atoms with E-state index >= 15 is 0 Å². The van der Waals surface area contributed by atoms with E-state index in [9.17, 15) is 0 Å². The van der Waals surface area contributed by atoms with Gasteiger partial charge >= 0.3 is 0 Å². The van der Waals surface area contributed by atoms with E-state index in [1.54, 1.807) is 12.4 Å². The fourth-order valence-electron chi connectivity index (χ4n) is 3.52. The molecule has 0 aliphatic carbocycles. The van der Waals surface area contributed by atoms with Crippen LogP contribution < -0.4 is 9.47 Å². The zero-order valence-corrected chi connectivity index (χ0v) is 20.2. The van der Waals surface area contributed by atoms with Gasteiger partial charge in [-0.05, 0) is 55.9 Å². The maximum atomic E-state index is 5.86. The minimum absolute atomic E-state index is 0.706. The van der Waals surface area contributed by atoms with E-state index < -0.39 is 0 Å². The third-order valence-corrected chi connectivity index (χ3v) is 5.87. The number of unbranched alkanes of at least 4 members (excludes halogenated alkanes) is 7. The van der Waals surface area contributed by atoms with E-state index in [0.717, 1.165) is 55.5 Å². The lowest BCUT2D eigenvalue weighted by Gasteiger charge is -2.09. The Hall–Kier alpha value is -2.36. The van der Waals surface area contributed by atoms with Crippen LogP contribution >= 0.6 is 0 Å². The van der Waals surface area contributed by atoms with Gasteiger partial charge in [0, 0.05) is 5.56 Å². The monoisotopic (exact) mass is 438 g/mol. The molecule has 4 heteroatoms. The Bertz CT molecular complexity index is 728. The van der Waals surface area contributed by atoms with Gasteiger partial charge in [-0.2, -0.15) is 0 Å². The summed E-state index contributed by atoms with van der Waals surface area (Å²) in [5.74, 6) is 3.17. The molecule has 176 valence electrons. The first-order valence-corrected chi connectivity index (χ1v) is 12.5. The van der Waals surface area contributed by atoms with Crippen molar-refractivity contribution in [1.29, 1.82) is 0 Å². The van der Waals surface area contributed by atoms with Crippen molar-refractivity contribution in [2.24, 2.45) is 5.92 Å². The second kappa shape index (κ2) is 16.3. The van der Waals surface area contributed by atoms with E-state index in [4.69, 9.17) is 9.47 Å². The van der Waals surface area contributed by atoms with E-state index in [2.05, 4.69) is 30.4 Å². The van der Waals surface area contributed by atoms with Crippen molar-refractivity contribution >= 4 is 0 Å². The second-order valence-corrected chi connectivity index (χ2v) is 8.67. The Morgan fingerprint density at radius 3 is 2.06 bits per heavy atom. The van der Waals surface area contributed by atoms with Crippen LogP contribution in [0.15, 0.2) is 49.3 Å². The summed E-state index contributed by atoms with van der Waals surface area (Å²) in [6.45, 7) is 9.84. The molecule has 1 heterocycles. The molecule has 0 radical (unpaired) electrons. The Balaban J connectivity index is 1.63. The fourth-order valence-corrected chi connectivity index (χ4v) is 3.52. The molecular weight excluding hydrogens is 396 g/mol. The van der Waals surface area contributed by atoms with Gasteiger partial charge in [0.15, 0.2) is 11.6 Å². The van der Waals surface area contributed by atoms with Crippen LogP contribution in [0.4, 0.5) is 0 Å². The first-order valence-electron chi connectivity index (χ1n) is 12.5. The lowest BCUT2D eigenvalue weighted by molar-refractivity contribution is 0.300. The van der Waals surface area contributed by atoms with Crippen molar-refractivity contribution in [2.75, 3.05) is 13.2 Å². The molecular formula is C28H42N2O2. The van der Waals surface area contributed by atoms with Gasteiger partial charge in [-0.15, -0.1) is 6.58 Å². The highest BCUT2D eigenvalue weighted by atomic mass is 16.5. The van der Waals surface area contributed by atoms with E-state index in [1.807, 2.05) is 30.3 Å². The number of hydrogen-bond donors (Lipinski definition) is 0. The number of aromatic nitrogens is 2. The third kappa shape index (κ3) is 10.8. The summed E-state index contributed by atoms with van der Waals surface area (Å²) < 4.78 is 11.6. The van der Waals surface area contributed by atoms with Crippen LogP contribution in [0.2, 0.25) is 0 Å². The largest absolute Gasteiger partial charge is 0.494 e. The quantitative estimate of drug-likeness (QED) is 0.174. The molecule has 0 amide bonds. The summed E-state index contributed by atoms with van der Waals surface area (Å²) >= 11 is 0. The number of allylic oxidation sites excluding steroid dienone is 1. The molecule has 0 N–H and O–H groups in total. The summed E-state index contributed by atoms with van der Waals surface area (Å²) in [4.78, 5) is 8.92. The van der Waals surface area contributed by atoms with Gasteiger partial charge in [0.1, 0.15) is 5.75 Å². The Morgan fingerprint density at radius 1 is 0.812 bits per heavy atom. The van der Waals surface area contributed by atoms with Gasteiger partial charge in [-0.3, -0.25) is 0 Å². The smallest absolute Gasteiger partial charge is 0.159 e. The maximum absolute atomic E-state index is 5.86. The second-order valence-electron chi connectivity index (χ2n) is 8.67. The molecule has 1 atom stereocenters. The lowest BCUT2D eigenvalue weighted by atomic mass is 10.0. The number of benzene rings is 1. The SMILES string of the molecule is C=CCCCCCCCOc1ccc(-c2ncc(OCCCCCC(C)CC)cn2)cc1. The van der Waals surface area contributed by atoms with Gasteiger partial charge in [0.25, 0.3) is 0 Å². The highest BCUT2D eigenvalue weighted by molar-refractivity contribution is 5.56. The predicted molar refractivity (Wildman–Crippen MR) is 134 cm³/mol. The molecule has 2 aromatic rings. The highest BCUT2D eigenvalue weighted by Crippen LogP contribution is 2.21. The van der Waals surface area contributed by atoms with Crippen molar-refractivity contribution in [2.45, 2.75) is 84.5 Å². The number of rotatable bonds is 18. The maximum Gasteiger partial charge on any atom is 0.159 e. The molecule has 0 aliphatic heterocycles. The molecule has 1 aromatic carbocycles. The molecule has 1 unspecified atom stereocenters. The van der Waals surface area contributed by atoms with Gasteiger partial charge in [0.2, 0.25) is 0 Å². The number of hydrogen-bond acceptors (Lipinski definition) is 4. The van der Waals surface area contributed by atoms with Crippen LogP contribution in [-0.4, -0.2) is 23.2 Å². The zero-order chi connectivity index (χ0) is 22.9. The molecule has 0 spiro atoms. The predicted octanol–water partition coefficient (Wildman–Crippen LogP) is 8.03. The standard InChI is InChI=1S/C28H42N2O2/c1-4-6-7-8-9-10-13-20-31-26-18-16-25(17-19-26)28-29-22-27(23-30-28)32-21-14-11-12-15-24(3)5-2/h4,16-19,22-24H,1,5-15,20-21H2,2-3H3. The molecule has 1 aromatic heterocycles. The molecule has 0 fully saturated rings. The Morgan fingerprint density at radius 2 is 1.41 bits per heavy atom. The van der Waals surface area contributed by atoms with Gasteiger partial charge in [-0.25, -0.2) is 9.97 Å². The van der Waals surface area contributed by atoms with E-state index in [1.165, 1.54) is 51.4 Å². The molecule has 0 saturated carbocycles. The van der Waals surface area contributed by atoms with Crippen molar-refractivity contribution in [3.05, 3.63) is 49.3 Å². The van der Waals surface area contributed by atoms with Crippen LogP contribution in [0.1, 0.15) is 84.5 Å². The van der Waals surface area contributed by atoms with Gasteiger partial charge in [0.05, 0.1) is 25.6 Å². The first kappa shape index (κ1) is 25.9. The summed E-state index contributed by atoms with van der Waals surface area (Å²) in [6.07, 6.45) is 18.9. The minimum Gasteiger partial charge on any atom is -0.494 e. The van der Waals surface area contributed by atoms with Crippen LogP contribution in [0, 0.1) is 5.92 Å². The summed E-state index contributed by atoms with van der Waals surface area (Å²) in [5.41, 5.74) is 0.983. The molecule has 32 heavy (non-hydrogen) atoms. The third-order valence-electron chi connectivity index (χ3n) is 5.87. The normalized spacial score (nSPS) is 11.8. The average molecular weight is 439 g/mol. The van der Waals surface area contributed by atoms with E-state index in [-0.39, 0.29) is 0 Å². The summed E-state index contributed by atoms with van der Waals surface area (Å²) in [7, 11) is 0. The Labute approximate surface area is 195 Å². The average Bonchev–Trinajstić information content (AvgIpc) is 2.83. The van der Waals surface area contributed by atoms with Gasteiger partial charge < -0.3 is 9.47 Å².